The quantitative estimate of drug-likeness (QED) is 0.0278. The molecule has 0 heterocycles. The first-order chi connectivity index (χ1) is 31.5. The molecule has 0 aliphatic rings. The highest BCUT2D eigenvalue weighted by molar-refractivity contribution is 7.47. The summed E-state index contributed by atoms with van der Waals surface area (Å²) in [7, 11) is 1.50. The molecular formula is C55H111NO8P+. The van der Waals surface area contributed by atoms with Gasteiger partial charge in [-0.15, -0.1) is 0 Å². The molecule has 2 atom stereocenters. The molecule has 1 N–H and O–H groups in total. The molecular weight excluding hydrogens is 834 g/mol. The molecule has 1 unspecified atom stereocenters. The summed E-state index contributed by atoms with van der Waals surface area (Å²) in [6.45, 7) is 4.51. The van der Waals surface area contributed by atoms with Crippen molar-refractivity contribution in [3.05, 3.63) is 0 Å². The second-order valence-corrected chi connectivity index (χ2v) is 22.1. The average molecular weight is 945 g/mol. The minimum absolute atomic E-state index is 0.0374. The van der Waals surface area contributed by atoms with Crippen LogP contribution < -0.4 is 0 Å². The standard InChI is InChI=1S/C55H110NO8P/c1-6-8-10-12-14-16-18-20-22-24-26-28-30-32-34-36-38-40-42-44-46-48-55(58)64-53(52-63-65(59,60)62-50-49-56(3,4)5)51-61-54(57)47-45-43-41-39-37-35-33-31-29-27-25-23-21-19-17-15-13-11-9-7-2/h53H,6-52H2,1-5H3/p+1/t53-/m1/s1. The van der Waals surface area contributed by atoms with Crippen LogP contribution in [0.4, 0.5) is 0 Å². The van der Waals surface area contributed by atoms with Gasteiger partial charge < -0.3 is 18.9 Å². The van der Waals surface area contributed by atoms with E-state index in [-0.39, 0.29) is 25.6 Å². The smallest absolute Gasteiger partial charge is 0.462 e. The van der Waals surface area contributed by atoms with Crippen molar-refractivity contribution >= 4 is 19.8 Å². The van der Waals surface area contributed by atoms with Gasteiger partial charge in [0.15, 0.2) is 6.10 Å². The Kier molecular flexibility index (Phi) is 47.3. The van der Waals surface area contributed by atoms with Crippen LogP contribution in [0.3, 0.4) is 0 Å². The maximum Gasteiger partial charge on any atom is 0.472 e. The van der Waals surface area contributed by atoms with Crippen molar-refractivity contribution in [3.63, 3.8) is 0 Å². The number of carbonyl (C=O) groups is 2. The van der Waals surface area contributed by atoms with Crippen LogP contribution in [0.25, 0.3) is 0 Å². The molecule has 0 aromatic heterocycles. The van der Waals surface area contributed by atoms with Gasteiger partial charge in [-0.25, -0.2) is 4.57 Å². The predicted molar refractivity (Wildman–Crippen MR) is 275 cm³/mol. The SMILES string of the molecule is CCCCCCCCCCCCCCCCCCCCCCCC(=O)O[C@H](COC(=O)CCCCCCCCCCCCCCCCCCCCCC)COP(=O)(O)OCC[N+](C)(C)C. The monoisotopic (exact) mass is 945 g/mol. The molecule has 0 bridgehead atoms. The molecule has 0 saturated carbocycles. The number of hydrogen-bond donors (Lipinski definition) is 1. The average Bonchev–Trinajstić information content (AvgIpc) is 3.26. The van der Waals surface area contributed by atoms with Crippen molar-refractivity contribution < 1.29 is 42.1 Å². The Bertz CT molecular complexity index is 1070. The number of carbonyl (C=O) groups excluding carboxylic acids is 2. The molecule has 65 heavy (non-hydrogen) atoms. The lowest BCUT2D eigenvalue weighted by molar-refractivity contribution is -0.870. The summed E-state index contributed by atoms with van der Waals surface area (Å²) in [4.78, 5) is 35.6. The molecule has 0 rings (SSSR count). The second-order valence-electron chi connectivity index (χ2n) is 20.7. The number of likely N-dealkylation sites (N-methyl/N-ethyl adjacent to an activating group) is 1. The minimum atomic E-state index is -4.38. The first kappa shape index (κ1) is 64.0. The Balaban J connectivity index is 4.13. The number of quaternary nitrogens is 1. The number of ether oxygens (including phenoxy) is 2. The van der Waals surface area contributed by atoms with Gasteiger partial charge in [-0.2, -0.15) is 0 Å². The maximum absolute atomic E-state index is 12.8. The third-order valence-electron chi connectivity index (χ3n) is 12.9. The Labute approximate surface area is 404 Å². The van der Waals surface area contributed by atoms with E-state index in [9.17, 15) is 19.0 Å². The molecule has 10 heteroatoms. The molecule has 0 aromatic carbocycles. The third kappa shape index (κ3) is 52.2. The summed E-state index contributed by atoms with van der Waals surface area (Å²) in [6.07, 6.45) is 53.0. The van der Waals surface area contributed by atoms with E-state index in [1.807, 2.05) is 21.1 Å². The largest absolute Gasteiger partial charge is 0.472 e. The summed E-state index contributed by atoms with van der Waals surface area (Å²) in [5, 5.41) is 0. The van der Waals surface area contributed by atoms with Gasteiger partial charge in [0.1, 0.15) is 19.8 Å². The molecule has 0 radical (unpaired) electrons. The fourth-order valence-corrected chi connectivity index (χ4v) is 9.23. The van der Waals surface area contributed by atoms with Gasteiger partial charge in [0.25, 0.3) is 0 Å². The van der Waals surface area contributed by atoms with Crippen molar-refractivity contribution in [3.8, 4) is 0 Å². The van der Waals surface area contributed by atoms with Crippen molar-refractivity contribution in [2.24, 2.45) is 0 Å². The maximum atomic E-state index is 12.8. The molecule has 0 spiro atoms. The third-order valence-corrected chi connectivity index (χ3v) is 13.9. The fraction of sp³-hybridized carbons (Fsp3) is 0.964. The number of esters is 2. The molecule has 0 saturated heterocycles. The van der Waals surface area contributed by atoms with Crippen LogP contribution in [-0.4, -0.2) is 74.9 Å². The summed E-state index contributed by atoms with van der Waals surface area (Å²) >= 11 is 0. The Morgan fingerprint density at radius 2 is 0.692 bits per heavy atom. The van der Waals surface area contributed by atoms with Crippen LogP contribution >= 0.6 is 7.82 Å². The van der Waals surface area contributed by atoms with Gasteiger partial charge in [-0.1, -0.05) is 264 Å². The second kappa shape index (κ2) is 48.1. The first-order valence-electron chi connectivity index (χ1n) is 28.3. The lowest BCUT2D eigenvalue weighted by Crippen LogP contribution is -2.37. The number of phosphoric ester groups is 1. The van der Waals surface area contributed by atoms with Gasteiger partial charge in [0.2, 0.25) is 0 Å². The number of hydrogen-bond acceptors (Lipinski definition) is 7. The lowest BCUT2D eigenvalue weighted by Gasteiger charge is -2.24. The van der Waals surface area contributed by atoms with Gasteiger partial charge in [-0.05, 0) is 12.8 Å². The van der Waals surface area contributed by atoms with E-state index in [4.69, 9.17) is 18.5 Å². The van der Waals surface area contributed by atoms with Crippen LogP contribution in [0.5, 0.6) is 0 Å². The van der Waals surface area contributed by atoms with Gasteiger partial charge >= 0.3 is 19.8 Å². The highest BCUT2D eigenvalue weighted by atomic mass is 31.2. The van der Waals surface area contributed by atoms with Crippen molar-refractivity contribution in [1.82, 2.24) is 0 Å². The van der Waals surface area contributed by atoms with Crippen LogP contribution in [0.2, 0.25) is 0 Å². The Morgan fingerprint density at radius 1 is 0.415 bits per heavy atom. The summed E-state index contributed by atoms with van der Waals surface area (Å²) in [6, 6.07) is 0. The van der Waals surface area contributed by atoms with Crippen molar-refractivity contribution in [2.45, 2.75) is 296 Å². The summed E-state index contributed by atoms with van der Waals surface area (Å²) in [5.41, 5.74) is 0. The molecule has 0 aromatic rings. The van der Waals surface area contributed by atoms with Crippen LogP contribution in [-0.2, 0) is 32.7 Å². The van der Waals surface area contributed by atoms with Crippen LogP contribution in [0.15, 0.2) is 0 Å². The number of nitrogens with zero attached hydrogens (tertiary/aromatic N) is 1. The zero-order valence-electron chi connectivity index (χ0n) is 44.0. The van der Waals surface area contributed by atoms with Gasteiger partial charge in [0, 0.05) is 12.8 Å². The number of phosphoric acid groups is 1. The highest BCUT2D eigenvalue weighted by Crippen LogP contribution is 2.43. The predicted octanol–water partition coefficient (Wildman–Crippen LogP) is 17.1. The zero-order valence-corrected chi connectivity index (χ0v) is 44.9. The van der Waals surface area contributed by atoms with E-state index in [0.717, 1.165) is 38.5 Å². The molecule has 0 amide bonds. The molecule has 0 fully saturated rings. The van der Waals surface area contributed by atoms with Gasteiger partial charge in [0.05, 0.1) is 27.7 Å². The first-order valence-corrected chi connectivity index (χ1v) is 29.8. The summed E-state index contributed by atoms with van der Waals surface area (Å²) in [5.74, 6) is -0.774. The fourth-order valence-electron chi connectivity index (χ4n) is 8.49. The number of rotatable bonds is 53. The topological polar surface area (TPSA) is 108 Å². The number of unbranched alkanes of at least 4 members (excludes halogenated alkanes) is 39. The van der Waals surface area contributed by atoms with E-state index in [1.165, 1.54) is 225 Å². The minimum Gasteiger partial charge on any atom is -0.462 e. The van der Waals surface area contributed by atoms with Crippen molar-refractivity contribution in [2.75, 3.05) is 47.5 Å². The van der Waals surface area contributed by atoms with E-state index in [2.05, 4.69) is 13.8 Å². The Morgan fingerprint density at radius 3 is 0.985 bits per heavy atom. The highest BCUT2D eigenvalue weighted by Gasteiger charge is 2.27. The summed E-state index contributed by atoms with van der Waals surface area (Å²) < 4.78 is 34.6. The van der Waals surface area contributed by atoms with Gasteiger partial charge in [-0.3, -0.25) is 18.6 Å². The molecule has 0 aliphatic heterocycles. The van der Waals surface area contributed by atoms with E-state index in [1.54, 1.807) is 0 Å². The van der Waals surface area contributed by atoms with Crippen LogP contribution in [0.1, 0.15) is 290 Å². The zero-order chi connectivity index (χ0) is 47.8. The molecule has 9 nitrogen and oxygen atoms in total. The Hall–Kier alpha value is -0.990. The molecule has 0 aliphatic carbocycles. The lowest BCUT2D eigenvalue weighted by atomic mass is 10.0. The van der Waals surface area contributed by atoms with E-state index in [0.29, 0.717) is 17.4 Å². The van der Waals surface area contributed by atoms with E-state index >= 15 is 0 Å². The van der Waals surface area contributed by atoms with Crippen LogP contribution in [0, 0.1) is 0 Å². The van der Waals surface area contributed by atoms with E-state index < -0.39 is 26.5 Å². The molecule has 388 valence electrons. The normalized spacial score (nSPS) is 13.3. The van der Waals surface area contributed by atoms with Crippen molar-refractivity contribution in [1.29, 1.82) is 0 Å².